The summed E-state index contributed by atoms with van der Waals surface area (Å²) in [5, 5.41) is 8.88. The molecule has 0 atom stereocenters. The summed E-state index contributed by atoms with van der Waals surface area (Å²) >= 11 is 0. The molecule has 0 heterocycles. The second kappa shape index (κ2) is 5.88. The zero-order valence-corrected chi connectivity index (χ0v) is 12.9. The summed E-state index contributed by atoms with van der Waals surface area (Å²) in [6.45, 7) is 6.13. The highest BCUT2D eigenvalue weighted by atomic mass is 16.4. The summed E-state index contributed by atoms with van der Waals surface area (Å²) in [7, 11) is 0. The maximum absolute atomic E-state index is 12.8. The number of hydrogen-bond donors (Lipinski definition) is 1. The van der Waals surface area contributed by atoms with E-state index < -0.39 is 5.97 Å². The summed E-state index contributed by atoms with van der Waals surface area (Å²) in [4.78, 5) is 25.3. The van der Waals surface area contributed by atoms with Crippen LogP contribution >= 0.6 is 0 Å². The molecule has 1 aromatic carbocycles. The molecule has 0 saturated heterocycles. The van der Waals surface area contributed by atoms with E-state index in [1.54, 1.807) is 4.90 Å². The number of nitrogens with zero attached hydrogens (tertiary/aromatic N) is 1. The lowest BCUT2D eigenvalue weighted by molar-refractivity contribution is -0.143. The lowest BCUT2D eigenvalue weighted by Gasteiger charge is -2.37. The molecule has 4 nitrogen and oxygen atoms in total. The summed E-state index contributed by atoms with van der Waals surface area (Å²) in [5.74, 6) is -0.859. The molecule has 0 aromatic heterocycles. The Morgan fingerprint density at radius 3 is 2.14 bits per heavy atom. The van der Waals surface area contributed by atoms with Gasteiger partial charge in [-0.1, -0.05) is 24.3 Å². The van der Waals surface area contributed by atoms with Crippen molar-refractivity contribution in [2.24, 2.45) is 5.92 Å². The zero-order valence-electron chi connectivity index (χ0n) is 12.9. The molecular weight excluding hydrogens is 266 g/mol. The van der Waals surface area contributed by atoms with Gasteiger partial charge >= 0.3 is 5.97 Å². The molecule has 0 radical (unpaired) electrons. The van der Waals surface area contributed by atoms with Gasteiger partial charge in [0.05, 0.1) is 6.42 Å². The van der Waals surface area contributed by atoms with Crippen molar-refractivity contribution in [1.82, 2.24) is 4.90 Å². The van der Waals surface area contributed by atoms with Crippen LogP contribution in [0.3, 0.4) is 0 Å². The van der Waals surface area contributed by atoms with Crippen LogP contribution in [0.25, 0.3) is 0 Å². The quantitative estimate of drug-likeness (QED) is 0.926. The van der Waals surface area contributed by atoms with E-state index in [4.69, 9.17) is 5.11 Å². The van der Waals surface area contributed by atoms with E-state index in [2.05, 4.69) is 12.1 Å². The molecule has 4 heteroatoms. The fraction of sp³-hybridized carbons (Fsp3) is 0.529. The number of rotatable bonds is 4. The summed E-state index contributed by atoms with van der Waals surface area (Å²) in [6, 6.07) is 8.14. The third-order valence-corrected chi connectivity index (χ3v) is 4.03. The summed E-state index contributed by atoms with van der Waals surface area (Å²) < 4.78 is 0. The van der Waals surface area contributed by atoms with Gasteiger partial charge in [-0.3, -0.25) is 9.59 Å². The Labute approximate surface area is 125 Å². The van der Waals surface area contributed by atoms with Gasteiger partial charge in [-0.2, -0.15) is 0 Å². The van der Waals surface area contributed by atoms with Crippen LogP contribution in [-0.4, -0.2) is 34.0 Å². The predicted octanol–water partition coefficient (Wildman–Crippen LogP) is 2.50. The van der Waals surface area contributed by atoms with Crippen LogP contribution in [0.1, 0.15) is 38.3 Å². The first-order valence-corrected chi connectivity index (χ1v) is 7.39. The minimum absolute atomic E-state index is 0.0112. The minimum Gasteiger partial charge on any atom is -0.481 e. The predicted molar refractivity (Wildman–Crippen MR) is 81.1 cm³/mol. The van der Waals surface area contributed by atoms with E-state index in [0.29, 0.717) is 0 Å². The molecule has 21 heavy (non-hydrogen) atoms. The standard InChI is InChI=1S/C17H23NO3/c1-17(2,3)18(9-8-15(19)20)16(21)14-10-12-6-4-5-7-13(12)11-14/h4-7,14H,8-11H2,1-3H3,(H,19,20). The lowest BCUT2D eigenvalue weighted by atomic mass is 9.98. The molecule has 1 aromatic rings. The van der Waals surface area contributed by atoms with E-state index in [0.717, 1.165) is 12.8 Å². The molecule has 1 N–H and O–H groups in total. The molecule has 114 valence electrons. The number of hydrogen-bond acceptors (Lipinski definition) is 2. The van der Waals surface area contributed by atoms with Crippen molar-refractivity contribution in [3.63, 3.8) is 0 Å². The maximum Gasteiger partial charge on any atom is 0.305 e. The van der Waals surface area contributed by atoms with Crippen molar-refractivity contribution in [1.29, 1.82) is 0 Å². The zero-order chi connectivity index (χ0) is 15.6. The minimum atomic E-state index is -0.869. The fourth-order valence-electron chi connectivity index (χ4n) is 2.94. The first kappa shape index (κ1) is 15.5. The first-order valence-electron chi connectivity index (χ1n) is 7.39. The molecule has 0 unspecified atom stereocenters. The Morgan fingerprint density at radius 1 is 1.19 bits per heavy atom. The number of carbonyl (C=O) groups is 2. The second-order valence-electron chi connectivity index (χ2n) is 6.68. The van der Waals surface area contributed by atoms with Gasteiger partial charge in [0.15, 0.2) is 0 Å². The Morgan fingerprint density at radius 2 is 1.71 bits per heavy atom. The highest BCUT2D eigenvalue weighted by Gasteiger charge is 2.35. The number of carboxylic acids is 1. The van der Waals surface area contributed by atoms with Gasteiger partial charge in [0, 0.05) is 18.0 Å². The van der Waals surface area contributed by atoms with Gasteiger partial charge in [0.1, 0.15) is 0 Å². The average Bonchev–Trinajstić information content (AvgIpc) is 2.80. The van der Waals surface area contributed by atoms with E-state index in [1.165, 1.54) is 11.1 Å². The number of carbonyl (C=O) groups excluding carboxylic acids is 1. The SMILES string of the molecule is CC(C)(C)N(CCC(=O)O)C(=O)C1Cc2ccccc2C1. The molecule has 0 bridgehead atoms. The fourth-order valence-corrected chi connectivity index (χ4v) is 2.94. The van der Waals surface area contributed by atoms with Gasteiger partial charge in [-0.15, -0.1) is 0 Å². The van der Waals surface area contributed by atoms with Crippen molar-refractivity contribution in [3.8, 4) is 0 Å². The van der Waals surface area contributed by atoms with Crippen LogP contribution in [0.5, 0.6) is 0 Å². The molecule has 0 saturated carbocycles. The molecule has 1 amide bonds. The van der Waals surface area contributed by atoms with Crippen LogP contribution in [0.4, 0.5) is 0 Å². The molecule has 1 aliphatic carbocycles. The molecule has 0 spiro atoms. The van der Waals surface area contributed by atoms with Crippen LogP contribution in [0.15, 0.2) is 24.3 Å². The van der Waals surface area contributed by atoms with E-state index in [9.17, 15) is 9.59 Å². The number of aliphatic carboxylic acids is 1. The Hall–Kier alpha value is -1.84. The van der Waals surface area contributed by atoms with Crippen molar-refractivity contribution in [3.05, 3.63) is 35.4 Å². The summed E-state index contributed by atoms with van der Waals surface area (Å²) in [5.41, 5.74) is 2.12. The first-order chi connectivity index (χ1) is 9.79. The Balaban J connectivity index is 2.11. The van der Waals surface area contributed by atoms with E-state index in [1.807, 2.05) is 32.9 Å². The van der Waals surface area contributed by atoms with Crippen molar-refractivity contribution in [2.45, 2.75) is 45.6 Å². The monoisotopic (exact) mass is 289 g/mol. The van der Waals surface area contributed by atoms with Gasteiger partial charge in [-0.05, 0) is 44.7 Å². The smallest absolute Gasteiger partial charge is 0.305 e. The van der Waals surface area contributed by atoms with E-state index >= 15 is 0 Å². The van der Waals surface area contributed by atoms with Crippen LogP contribution in [0.2, 0.25) is 0 Å². The van der Waals surface area contributed by atoms with Crippen LogP contribution in [-0.2, 0) is 22.4 Å². The highest BCUT2D eigenvalue weighted by Crippen LogP contribution is 2.29. The van der Waals surface area contributed by atoms with Crippen molar-refractivity contribution >= 4 is 11.9 Å². The van der Waals surface area contributed by atoms with Gasteiger partial charge < -0.3 is 10.0 Å². The molecule has 2 rings (SSSR count). The molecule has 0 fully saturated rings. The Bertz CT molecular complexity index is 520. The molecule has 0 aliphatic heterocycles. The lowest BCUT2D eigenvalue weighted by Crippen LogP contribution is -2.49. The normalized spacial score (nSPS) is 14.8. The number of carboxylic acid groups (broad SMARTS) is 1. The highest BCUT2D eigenvalue weighted by molar-refractivity contribution is 5.81. The number of fused-ring (bicyclic) bond motifs is 1. The van der Waals surface area contributed by atoms with Gasteiger partial charge in [0.2, 0.25) is 5.91 Å². The van der Waals surface area contributed by atoms with Gasteiger partial charge in [0.25, 0.3) is 0 Å². The number of amides is 1. The van der Waals surface area contributed by atoms with Gasteiger partial charge in [-0.25, -0.2) is 0 Å². The van der Waals surface area contributed by atoms with Crippen molar-refractivity contribution in [2.75, 3.05) is 6.54 Å². The number of benzene rings is 1. The second-order valence-corrected chi connectivity index (χ2v) is 6.68. The third-order valence-electron chi connectivity index (χ3n) is 4.03. The van der Waals surface area contributed by atoms with E-state index in [-0.39, 0.29) is 30.3 Å². The van der Waals surface area contributed by atoms with Crippen molar-refractivity contribution < 1.29 is 14.7 Å². The molecular formula is C17H23NO3. The van der Waals surface area contributed by atoms with Crippen LogP contribution < -0.4 is 0 Å². The summed E-state index contributed by atoms with van der Waals surface area (Å²) in [6.07, 6.45) is 1.51. The average molecular weight is 289 g/mol. The molecule has 1 aliphatic rings. The topological polar surface area (TPSA) is 57.6 Å². The van der Waals surface area contributed by atoms with Crippen LogP contribution in [0, 0.1) is 5.92 Å². The maximum atomic E-state index is 12.8. The Kier molecular flexibility index (Phi) is 4.35. The largest absolute Gasteiger partial charge is 0.481 e. The third kappa shape index (κ3) is 3.63.